The number of thioether (sulfide) groups is 1. The van der Waals surface area contributed by atoms with Gasteiger partial charge in [-0.3, -0.25) is 4.79 Å². The molecule has 0 unspecified atom stereocenters. The van der Waals surface area contributed by atoms with Crippen LogP contribution < -0.4 is 0 Å². The summed E-state index contributed by atoms with van der Waals surface area (Å²) in [5.41, 5.74) is 0. The van der Waals surface area contributed by atoms with Crippen molar-refractivity contribution in [3.05, 3.63) is 27.7 Å². The molecule has 2 aromatic heterocycles. The molecule has 2 heterocycles. The predicted octanol–water partition coefficient (Wildman–Crippen LogP) is 2.18. The summed E-state index contributed by atoms with van der Waals surface area (Å²) in [6, 6.07) is 4.15. The first kappa shape index (κ1) is 13.1. The van der Waals surface area contributed by atoms with E-state index >= 15 is 0 Å². The molecule has 0 amide bonds. The third-order valence-electron chi connectivity index (χ3n) is 2.34. The van der Waals surface area contributed by atoms with Crippen molar-refractivity contribution in [2.75, 3.05) is 5.75 Å². The van der Waals surface area contributed by atoms with Crippen molar-refractivity contribution < 1.29 is 9.90 Å². The molecule has 1 N–H and O–H groups in total. The van der Waals surface area contributed by atoms with Crippen LogP contribution in [0.4, 0.5) is 0 Å². The molecule has 0 aromatic carbocycles. The van der Waals surface area contributed by atoms with Crippen LogP contribution in [0.25, 0.3) is 0 Å². The monoisotopic (exact) mass is 283 g/mol. The summed E-state index contributed by atoms with van der Waals surface area (Å²) in [6.07, 6.45) is 0. The Hall–Kier alpha value is -1.34. The normalized spacial score (nSPS) is 10.8. The maximum atomic E-state index is 10.6. The molecule has 7 heteroatoms. The quantitative estimate of drug-likeness (QED) is 0.852. The third-order valence-corrected chi connectivity index (χ3v) is 4.27. The van der Waals surface area contributed by atoms with Gasteiger partial charge in [-0.2, -0.15) is 0 Å². The molecule has 18 heavy (non-hydrogen) atoms. The van der Waals surface area contributed by atoms with E-state index in [1.54, 1.807) is 11.3 Å². The van der Waals surface area contributed by atoms with Gasteiger partial charge in [-0.1, -0.05) is 11.8 Å². The van der Waals surface area contributed by atoms with Crippen LogP contribution in [0.5, 0.6) is 0 Å². The van der Waals surface area contributed by atoms with Crippen molar-refractivity contribution >= 4 is 29.1 Å². The first-order chi connectivity index (χ1) is 8.56. The molecule has 0 spiro atoms. The number of carboxylic acid groups (broad SMARTS) is 1. The molecular formula is C11H13N3O2S2. The van der Waals surface area contributed by atoms with Crippen molar-refractivity contribution in [1.29, 1.82) is 0 Å². The predicted molar refractivity (Wildman–Crippen MR) is 71.3 cm³/mol. The molecule has 96 valence electrons. The van der Waals surface area contributed by atoms with Crippen LogP contribution in [0.2, 0.25) is 0 Å². The molecule has 0 fully saturated rings. The van der Waals surface area contributed by atoms with Crippen molar-refractivity contribution in [3.63, 3.8) is 0 Å². The lowest BCUT2D eigenvalue weighted by Crippen LogP contribution is -2.05. The molecule has 0 radical (unpaired) electrons. The summed E-state index contributed by atoms with van der Waals surface area (Å²) in [4.78, 5) is 13.1. The molecule has 2 rings (SSSR count). The zero-order valence-corrected chi connectivity index (χ0v) is 11.7. The fourth-order valence-electron chi connectivity index (χ4n) is 1.50. The van der Waals surface area contributed by atoms with Gasteiger partial charge in [0.05, 0.1) is 12.3 Å². The van der Waals surface area contributed by atoms with Crippen LogP contribution in [0.15, 0.2) is 17.3 Å². The number of hydrogen-bond donors (Lipinski definition) is 1. The van der Waals surface area contributed by atoms with Crippen molar-refractivity contribution in [1.82, 2.24) is 14.8 Å². The van der Waals surface area contributed by atoms with Crippen LogP contribution >= 0.6 is 23.1 Å². The Morgan fingerprint density at radius 1 is 1.44 bits per heavy atom. The van der Waals surface area contributed by atoms with Gasteiger partial charge in [-0.15, -0.1) is 21.5 Å². The molecule has 0 aliphatic heterocycles. The SMILES string of the molecule is Cc1ccc(Cn2c(C)nnc2SCC(=O)O)s1. The van der Waals surface area contributed by atoms with E-state index in [-0.39, 0.29) is 5.75 Å². The Balaban J connectivity index is 2.16. The maximum Gasteiger partial charge on any atom is 0.313 e. The lowest BCUT2D eigenvalue weighted by molar-refractivity contribution is -0.133. The maximum absolute atomic E-state index is 10.6. The van der Waals surface area contributed by atoms with Gasteiger partial charge in [0, 0.05) is 9.75 Å². The first-order valence-electron chi connectivity index (χ1n) is 5.36. The summed E-state index contributed by atoms with van der Waals surface area (Å²) in [6.45, 7) is 4.63. The lowest BCUT2D eigenvalue weighted by Gasteiger charge is -2.05. The van der Waals surface area contributed by atoms with E-state index in [4.69, 9.17) is 5.11 Å². The molecule has 0 saturated heterocycles. The molecule has 0 atom stereocenters. The highest BCUT2D eigenvalue weighted by molar-refractivity contribution is 7.99. The van der Waals surface area contributed by atoms with Crippen LogP contribution in [-0.4, -0.2) is 31.6 Å². The number of thiophene rings is 1. The third kappa shape index (κ3) is 3.11. The van der Waals surface area contributed by atoms with Gasteiger partial charge in [0.25, 0.3) is 0 Å². The zero-order chi connectivity index (χ0) is 13.1. The Labute approximate surface area is 113 Å². The fraction of sp³-hybridized carbons (Fsp3) is 0.364. The van der Waals surface area contributed by atoms with E-state index in [0.29, 0.717) is 11.7 Å². The largest absolute Gasteiger partial charge is 0.481 e. The van der Waals surface area contributed by atoms with E-state index in [1.165, 1.54) is 21.5 Å². The minimum absolute atomic E-state index is 0.00159. The number of aromatic nitrogens is 3. The van der Waals surface area contributed by atoms with Crippen LogP contribution in [0.3, 0.4) is 0 Å². The van der Waals surface area contributed by atoms with Gasteiger partial charge < -0.3 is 9.67 Å². The van der Waals surface area contributed by atoms with Gasteiger partial charge in [-0.25, -0.2) is 0 Å². The van der Waals surface area contributed by atoms with Gasteiger partial charge in [0.1, 0.15) is 5.82 Å². The minimum atomic E-state index is -0.848. The van der Waals surface area contributed by atoms with E-state index in [2.05, 4.69) is 29.3 Å². The second-order valence-corrected chi connectivity index (χ2v) is 6.13. The Morgan fingerprint density at radius 3 is 2.83 bits per heavy atom. The second kappa shape index (κ2) is 5.53. The molecule has 2 aromatic rings. The van der Waals surface area contributed by atoms with Crippen LogP contribution in [0, 0.1) is 13.8 Å². The molecule has 0 aliphatic carbocycles. The standard InChI is InChI=1S/C11H13N3O2S2/c1-7-3-4-9(18-7)5-14-8(2)12-13-11(14)17-6-10(15)16/h3-4H,5-6H2,1-2H3,(H,15,16). The van der Waals surface area contributed by atoms with Gasteiger partial charge in [0.2, 0.25) is 0 Å². The van der Waals surface area contributed by atoms with Crippen molar-refractivity contribution in [2.45, 2.75) is 25.5 Å². The highest BCUT2D eigenvalue weighted by atomic mass is 32.2. The number of carboxylic acids is 1. The van der Waals surface area contributed by atoms with Gasteiger partial charge in [-0.05, 0) is 26.0 Å². The molecule has 0 bridgehead atoms. The van der Waals surface area contributed by atoms with Gasteiger partial charge >= 0.3 is 5.97 Å². The Morgan fingerprint density at radius 2 is 2.22 bits per heavy atom. The lowest BCUT2D eigenvalue weighted by atomic mass is 10.4. The van der Waals surface area contributed by atoms with E-state index in [0.717, 1.165) is 5.82 Å². The topological polar surface area (TPSA) is 68.0 Å². The van der Waals surface area contributed by atoms with Crippen molar-refractivity contribution in [2.24, 2.45) is 0 Å². The Bertz CT molecular complexity index is 562. The first-order valence-corrected chi connectivity index (χ1v) is 7.16. The minimum Gasteiger partial charge on any atom is -0.481 e. The average molecular weight is 283 g/mol. The van der Waals surface area contributed by atoms with E-state index < -0.39 is 5.97 Å². The number of aryl methyl sites for hydroxylation is 2. The van der Waals surface area contributed by atoms with E-state index in [9.17, 15) is 4.79 Å². The van der Waals surface area contributed by atoms with Crippen molar-refractivity contribution in [3.8, 4) is 0 Å². The smallest absolute Gasteiger partial charge is 0.313 e. The number of aliphatic carboxylic acids is 1. The molecule has 0 saturated carbocycles. The van der Waals surface area contributed by atoms with Gasteiger partial charge in [0.15, 0.2) is 5.16 Å². The summed E-state index contributed by atoms with van der Waals surface area (Å²) in [5.74, 6) is -0.0465. The number of hydrogen-bond acceptors (Lipinski definition) is 5. The number of nitrogens with zero attached hydrogens (tertiary/aromatic N) is 3. The van der Waals surface area contributed by atoms with Crippen LogP contribution in [0.1, 0.15) is 15.6 Å². The zero-order valence-electron chi connectivity index (χ0n) is 10.1. The molecular weight excluding hydrogens is 270 g/mol. The van der Waals surface area contributed by atoms with E-state index in [1.807, 2.05) is 11.5 Å². The highest BCUT2D eigenvalue weighted by Crippen LogP contribution is 2.21. The fourth-order valence-corrected chi connectivity index (χ4v) is 3.09. The average Bonchev–Trinajstić information content (AvgIpc) is 2.85. The number of rotatable bonds is 5. The molecule has 5 nitrogen and oxygen atoms in total. The highest BCUT2D eigenvalue weighted by Gasteiger charge is 2.12. The summed E-state index contributed by atoms with van der Waals surface area (Å²) in [7, 11) is 0. The molecule has 0 aliphatic rings. The summed E-state index contributed by atoms with van der Waals surface area (Å²) < 4.78 is 1.94. The summed E-state index contributed by atoms with van der Waals surface area (Å²) in [5, 5.41) is 17.4. The summed E-state index contributed by atoms with van der Waals surface area (Å²) >= 11 is 2.92. The number of carbonyl (C=O) groups is 1. The second-order valence-electron chi connectivity index (χ2n) is 3.81. The Kier molecular flexibility index (Phi) is 4.03. The van der Waals surface area contributed by atoms with Crippen LogP contribution in [-0.2, 0) is 11.3 Å².